The van der Waals surface area contributed by atoms with Crippen molar-refractivity contribution in [2.24, 2.45) is 11.3 Å². The van der Waals surface area contributed by atoms with Gasteiger partial charge in [0.25, 0.3) is 0 Å². The van der Waals surface area contributed by atoms with Crippen LogP contribution in [0.3, 0.4) is 0 Å². The van der Waals surface area contributed by atoms with Crippen LogP contribution in [-0.2, 0) is 18.9 Å². The van der Waals surface area contributed by atoms with E-state index in [2.05, 4.69) is 32.1 Å². The van der Waals surface area contributed by atoms with E-state index in [1.54, 1.807) is 7.11 Å². The molecule has 0 radical (unpaired) electrons. The highest BCUT2D eigenvalue weighted by Gasteiger charge is 2.36. The topological polar surface area (TPSA) is 80.9 Å². The van der Waals surface area contributed by atoms with Crippen LogP contribution < -0.4 is 0 Å². The fraction of sp³-hybridized carbons (Fsp3) is 0.792. The molecule has 0 heterocycles. The number of rotatable bonds is 16. The zero-order chi connectivity index (χ0) is 22.4. The number of nitrogens with zero attached hydrogens (tertiary/aromatic N) is 1. The lowest BCUT2D eigenvalue weighted by atomic mass is 9.77. The summed E-state index contributed by atoms with van der Waals surface area (Å²) in [6.45, 7) is 10.3. The highest BCUT2D eigenvalue weighted by atomic mass is 16.7. The summed E-state index contributed by atoms with van der Waals surface area (Å²) in [5, 5.41) is 19.0. The average molecular weight is 424 g/mol. The molecular formula is C24H41NO5. The molecule has 1 N–H and O–H groups in total. The maximum atomic E-state index is 9.64. The summed E-state index contributed by atoms with van der Waals surface area (Å²) in [6.07, 6.45) is 8.38. The van der Waals surface area contributed by atoms with Crippen LogP contribution in [0, 0.1) is 22.7 Å². The molecule has 0 fully saturated rings. The second-order valence-electron chi connectivity index (χ2n) is 8.51. The summed E-state index contributed by atoms with van der Waals surface area (Å²) >= 11 is 0. The molecular weight excluding hydrogens is 382 g/mol. The molecule has 0 aromatic rings. The molecule has 0 saturated carbocycles. The van der Waals surface area contributed by atoms with Gasteiger partial charge in [-0.2, -0.15) is 5.26 Å². The standard InChI is InChI=1S/C24H41NO5/c1-6-28-12-13-29-23(16-25)22-8-7-10-24(22,4)11-9-19(2)14-21(30-18-27-5)15-20(3)17-26/h8-9,20-21,23,26H,6-7,10-15,17-18H2,1-5H3/b19-9+/t20-,21?,23?,24+/m1/s1. The molecule has 4 atom stereocenters. The molecule has 0 saturated heterocycles. The smallest absolute Gasteiger partial charge is 0.165 e. The van der Waals surface area contributed by atoms with Gasteiger partial charge in [0.1, 0.15) is 6.79 Å². The van der Waals surface area contributed by atoms with Crippen LogP contribution in [0.2, 0.25) is 0 Å². The SMILES string of the molecule is CCOCCOC(C#N)C1=CCC[C@@]1(C)C/C=C(\C)CC(C[C@@H](C)CO)OCOC. The number of aliphatic hydroxyl groups is 1. The van der Waals surface area contributed by atoms with E-state index in [0.717, 1.165) is 37.7 Å². The van der Waals surface area contributed by atoms with Crippen LogP contribution in [0.4, 0.5) is 0 Å². The normalized spacial score (nSPS) is 22.4. The minimum Gasteiger partial charge on any atom is -0.396 e. The molecule has 2 unspecified atom stereocenters. The van der Waals surface area contributed by atoms with Crippen LogP contribution in [0.15, 0.2) is 23.3 Å². The van der Waals surface area contributed by atoms with Crippen molar-refractivity contribution in [3.05, 3.63) is 23.3 Å². The van der Waals surface area contributed by atoms with Crippen LogP contribution in [0.5, 0.6) is 0 Å². The summed E-state index contributed by atoms with van der Waals surface area (Å²) in [5.41, 5.74) is 2.26. The summed E-state index contributed by atoms with van der Waals surface area (Å²) in [6, 6.07) is 2.32. The number of hydrogen-bond acceptors (Lipinski definition) is 6. The quantitative estimate of drug-likeness (QED) is 0.225. The van der Waals surface area contributed by atoms with E-state index in [1.807, 2.05) is 13.8 Å². The zero-order valence-corrected chi connectivity index (χ0v) is 19.5. The molecule has 30 heavy (non-hydrogen) atoms. The van der Waals surface area contributed by atoms with Crippen molar-refractivity contribution in [2.45, 2.75) is 72.0 Å². The first-order valence-corrected chi connectivity index (χ1v) is 11.1. The van der Waals surface area contributed by atoms with E-state index in [4.69, 9.17) is 18.9 Å². The summed E-state index contributed by atoms with van der Waals surface area (Å²) in [4.78, 5) is 0. The zero-order valence-electron chi connectivity index (χ0n) is 19.5. The lowest BCUT2D eigenvalue weighted by molar-refractivity contribution is -0.0789. The van der Waals surface area contributed by atoms with Crippen LogP contribution >= 0.6 is 0 Å². The molecule has 0 aliphatic heterocycles. The van der Waals surface area contributed by atoms with E-state index >= 15 is 0 Å². The van der Waals surface area contributed by atoms with Gasteiger partial charge in [-0.05, 0) is 62.9 Å². The van der Waals surface area contributed by atoms with Crippen LogP contribution in [0.25, 0.3) is 0 Å². The lowest BCUT2D eigenvalue weighted by Gasteiger charge is -2.30. The Morgan fingerprint density at radius 3 is 2.77 bits per heavy atom. The summed E-state index contributed by atoms with van der Waals surface area (Å²) in [7, 11) is 1.62. The Bertz CT molecular complexity index is 583. The monoisotopic (exact) mass is 423 g/mol. The number of nitriles is 1. The summed E-state index contributed by atoms with van der Waals surface area (Å²) in [5.74, 6) is 0.187. The van der Waals surface area contributed by atoms with Gasteiger partial charge in [-0.1, -0.05) is 31.6 Å². The third kappa shape index (κ3) is 9.28. The molecule has 0 bridgehead atoms. The Kier molecular flexibility index (Phi) is 13.2. The molecule has 1 aliphatic rings. The van der Waals surface area contributed by atoms with Gasteiger partial charge in [0, 0.05) is 20.3 Å². The van der Waals surface area contributed by atoms with Gasteiger partial charge in [0.2, 0.25) is 0 Å². The van der Waals surface area contributed by atoms with Crippen LogP contribution in [0.1, 0.15) is 59.8 Å². The van der Waals surface area contributed by atoms with Gasteiger partial charge < -0.3 is 24.1 Å². The summed E-state index contributed by atoms with van der Waals surface area (Å²) < 4.78 is 22.0. The number of aliphatic hydroxyl groups excluding tert-OH is 1. The molecule has 6 heteroatoms. The van der Waals surface area contributed by atoms with Crippen molar-refractivity contribution < 1.29 is 24.1 Å². The van der Waals surface area contributed by atoms with E-state index in [9.17, 15) is 10.4 Å². The minimum atomic E-state index is -0.519. The molecule has 1 rings (SSSR count). The molecule has 0 aromatic heterocycles. The van der Waals surface area contributed by atoms with Crippen LogP contribution in [-0.4, -0.2) is 57.6 Å². The Labute approximate surface area is 182 Å². The van der Waals surface area contributed by atoms with Gasteiger partial charge in [-0.25, -0.2) is 0 Å². The number of ether oxygens (including phenoxy) is 4. The van der Waals surface area contributed by atoms with E-state index in [-0.39, 0.29) is 30.8 Å². The average Bonchev–Trinajstić information content (AvgIpc) is 3.12. The van der Waals surface area contributed by atoms with Gasteiger partial charge in [-0.15, -0.1) is 0 Å². The number of hydrogen-bond donors (Lipinski definition) is 1. The van der Waals surface area contributed by atoms with Crippen molar-refractivity contribution in [3.63, 3.8) is 0 Å². The van der Waals surface area contributed by atoms with Crippen molar-refractivity contribution in [3.8, 4) is 6.07 Å². The molecule has 0 amide bonds. The third-order valence-electron chi connectivity index (χ3n) is 5.72. The third-order valence-corrected chi connectivity index (χ3v) is 5.72. The fourth-order valence-electron chi connectivity index (χ4n) is 3.89. The van der Waals surface area contributed by atoms with Crippen molar-refractivity contribution in [1.82, 2.24) is 0 Å². The first kappa shape index (κ1) is 26.8. The second kappa shape index (κ2) is 14.7. The highest BCUT2D eigenvalue weighted by Crippen LogP contribution is 2.44. The van der Waals surface area contributed by atoms with Gasteiger partial charge in [0.15, 0.2) is 6.10 Å². The molecule has 172 valence electrons. The first-order valence-electron chi connectivity index (χ1n) is 11.1. The van der Waals surface area contributed by atoms with Crippen molar-refractivity contribution >= 4 is 0 Å². The maximum Gasteiger partial charge on any atom is 0.165 e. The minimum absolute atomic E-state index is 0.0171. The first-order chi connectivity index (χ1) is 14.4. The van der Waals surface area contributed by atoms with E-state index in [0.29, 0.717) is 19.8 Å². The van der Waals surface area contributed by atoms with E-state index in [1.165, 1.54) is 5.57 Å². The predicted molar refractivity (Wildman–Crippen MR) is 118 cm³/mol. The molecule has 1 aliphatic carbocycles. The van der Waals surface area contributed by atoms with Crippen molar-refractivity contribution in [2.75, 3.05) is 40.3 Å². The Hall–Kier alpha value is -1.23. The van der Waals surface area contributed by atoms with Crippen molar-refractivity contribution in [1.29, 1.82) is 5.26 Å². The molecule has 6 nitrogen and oxygen atoms in total. The Balaban J connectivity index is 2.71. The highest BCUT2D eigenvalue weighted by molar-refractivity contribution is 5.29. The number of methoxy groups -OCH3 is 1. The maximum absolute atomic E-state index is 9.64. The largest absolute Gasteiger partial charge is 0.396 e. The Morgan fingerprint density at radius 2 is 2.13 bits per heavy atom. The van der Waals surface area contributed by atoms with E-state index < -0.39 is 6.10 Å². The Morgan fingerprint density at radius 1 is 1.37 bits per heavy atom. The molecule has 0 aromatic carbocycles. The fourth-order valence-corrected chi connectivity index (χ4v) is 3.89. The van der Waals surface area contributed by atoms with Gasteiger partial charge >= 0.3 is 0 Å². The van der Waals surface area contributed by atoms with Gasteiger partial charge in [-0.3, -0.25) is 0 Å². The second-order valence-corrected chi connectivity index (χ2v) is 8.51. The lowest BCUT2D eigenvalue weighted by Crippen LogP contribution is -2.27. The molecule has 0 spiro atoms. The predicted octanol–water partition coefficient (Wildman–Crippen LogP) is 4.39. The van der Waals surface area contributed by atoms with Gasteiger partial charge in [0.05, 0.1) is 25.4 Å². The number of allylic oxidation sites excluding steroid dienone is 2.